The Kier molecular flexibility index (Phi) is 6.87. The molecule has 2 aliphatic rings. The van der Waals surface area contributed by atoms with E-state index in [2.05, 4.69) is 33.0 Å². The zero-order valence-electron chi connectivity index (χ0n) is 23.6. The number of aromatic nitrogens is 2. The van der Waals surface area contributed by atoms with Crippen molar-refractivity contribution in [3.63, 3.8) is 0 Å². The van der Waals surface area contributed by atoms with E-state index in [1.165, 1.54) is 0 Å². The number of para-hydroxylation sites is 1. The van der Waals surface area contributed by atoms with Gasteiger partial charge in [-0.25, -0.2) is 0 Å². The first-order valence-electron chi connectivity index (χ1n) is 14.4. The molecule has 2 atom stereocenters. The summed E-state index contributed by atoms with van der Waals surface area (Å²) >= 11 is 0. The van der Waals surface area contributed by atoms with Gasteiger partial charge in [0.05, 0.1) is 35.9 Å². The van der Waals surface area contributed by atoms with Crippen molar-refractivity contribution in [2.45, 2.75) is 38.4 Å². The molecule has 4 aromatic carbocycles. The fraction of sp³-hybridized carbons (Fsp3) is 0.171. The average Bonchev–Trinajstić information content (AvgIpc) is 3.33. The Hall–Kier alpha value is -5.37. The second kappa shape index (κ2) is 11.1. The topological polar surface area (TPSA) is 105 Å². The highest BCUT2D eigenvalue weighted by Gasteiger charge is 2.27. The van der Waals surface area contributed by atoms with E-state index in [1.807, 2.05) is 85.8 Å². The zero-order chi connectivity index (χ0) is 29.3. The number of amides is 2. The Labute approximate surface area is 248 Å². The monoisotopic (exact) mass is 570 g/mol. The zero-order valence-corrected chi connectivity index (χ0v) is 23.6. The Morgan fingerprint density at radius 3 is 2.56 bits per heavy atom. The van der Waals surface area contributed by atoms with Gasteiger partial charge in [0.2, 0.25) is 11.8 Å². The molecular formula is C35H30N4O4. The number of carbonyl (C=O) groups is 2. The van der Waals surface area contributed by atoms with E-state index < -0.39 is 6.10 Å². The van der Waals surface area contributed by atoms with E-state index in [9.17, 15) is 9.59 Å². The third kappa shape index (κ3) is 5.59. The molecule has 0 bridgehead atoms. The van der Waals surface area contributed by atoms with Gasteiger partial charge < -0.3 is 20.1 Å². The van der Waals surface area contributed by atoms with Crippen LogP contribution in [0.1, 0.15) is 36.5 Å². The summed E-state index contributed by atoms with van der Waals surface area (Å²) in [7, 11) is 0. The van der Waals surface area contributed by atoms with Crippen molar-refractivity contribution in [2.24, 2.45) is 0 Å². The molecule has 0 saturated carbocycles. The quantitative estimate of drug-likeness (QED) is 0.201. The molecule has 5 aromatic rings. The minimum Gasteiger partial charge on any atom is -0.487 e. The molecule has 214 valence electrons. The number of anilines is 2. The molecule has 43 heavy (non-hydrogen) atoms. The van der Waals surface area contributed by atoms with Gasteiger partial charge >= 0.3 is 0 Å². The SMILES string of the molecule is C[C@@H]1CC(=O)Nc2cc(C[C@@H]3CC(=O)Nc4cccc(/C=C/c5ccccc5)c4O3)cc(-c3ccc4[nH]ncc4c3)c2O1. The lowest BCUT2D eigenvalue weighted by Crippen LogP contribution is -2.23. The molecule has 2 aliphatic heterocycles. The maximum atomic E-state index is 13.0. The molecule has 0 radical (unpaired) electrons. The fourth-order valence-electron chi connectivity index (χ4n) is 5.72. The van der Waals surface area contributed by atoms with Gasteiger partial charge in [-0.3, -0.25) is 14.7 Å². The van der Waals surface area contributed by atoms with Crippen molar-refractivity contribution in [3.05, 3.63) is 102 Å². The van der Waals surface area contributed by atoms with Gasteiger partial charge in [-0.15, -0.1) is 0 Å². The number of hydrogen-bond acceptors (Lipinski definition) is 5. The third-order valence-corrected chi connectivity index (χ3v) is 7.70. The lowest BCUT2D eigenvalue weighted by Gasteiger charge is -2.21. The van der Waals surface area contributed by atoms with Crippen LogP contribution in [0.2, 0.25) is 0 Å². The lowest BCUT2D eigenvalue weighted by atomic mass is 9.96. The summed E-state index contributed by atoms with van der Waals surface area (Å²) in [4.78, 5) is 25.7. The highest BCUT2D eigenvalue weighted by molar-refractivity contribution is 5.97. The number of H-pyrrole nitrogens is 1. The number of carbonyl (C=O) groups excluding carboxylic acids is 2. The van der Waals surface area contributed by atoms with E-state index in [-0.39, 0.29) is 30.8 Å². The van der Waals surface area contributed by atoms with Crippen molar-refractivity contribution in [1.29, 1.82) is 0 Å². The largest absolute Gasteiger partial charge is 0.487 e. The predicted molar refractivity (Wildman–Crippen MR) is 168 cm³/mol. The molecule has 3 N–H and O–H groups in total. The first kappa shape index (κ1) is 26.5. The molecule has 0 unspecified atom stereocenters. The molecule has 0 aliphatic carbocycles. The van der Waals surface area contributed by atoms with Crippen LogP contribution < -0.4 is 20.1 Å². The molecule has 1 aromatic heterocycles. The summed E-state index contributed by atoms with van der Waals surface area (Å²) in [5, 5.41) is 14.2. The molecule has 0 spiro atoms. The molecule has 8 heteroatoms. The van der Waals surface area contributed by atoms with Gasteiger partial charge in [0.25, 0.3) is 0 Å². The van der Waals surface area contributed by atoms with E-state index in [0.29, 0.717) is 29.3 Å². The standard InChI is InChI=1S/C35H30N4O4/c1-21-14-32(40)38-31-17-23(16-28(35(31)42-21)25-12-13-29-26(18-25)20-36-39-29)15-27-19-33(41)37-30-9-5-8-24(34(30)43-27)11-10-22-6-3-2-4-7-22/h2-13,16-18,20-21,27H,14-15,19H2,1H3,(H,36,39)(H,37,41)(H,38,40)/b11-10+/t21-,27-/m1/s1. The second-order valence-corrected chi connectivity index (χ2v) is 11.0. The molecular weight excluding hydrogens is 540 g/mol. The first-order chi connectivity index (χ1) is 21.0. The van der Waals surface area contributed by atoms with E-state index in [1.54, 1.807) is 6.20 Å². The summed E-state index contributed by atoms with van der Waals surface area (Å²) in [6, 6.07) is 25.8. The molecule has 0 fully saturated rings. The predicted octanol–water partition coefficient (Wildman–Crippen LogP) is 6.84. The number of ether oxygens (including phenoxy) is 2. The Morgan fingerprint density at radius 2 is 1.67 bits per heavy atom. The summed E-state index contributed by atoms with van der Waals surface area (Å²) in [6.45, 7) is 1.89. The van der Waals surface area contributed by atoms with Crippen LogP contribution in [0.4, 0.5) is 11.4 Å². The van der Waals surface area contributed by atoms with Crippen molar-refractivity contribution in [2.75, 3.05) is 10.6 Å². The van der Waals surface area contributed by atoms with Crippen LogP contribution in [0, 0.1) is 0 Å². The number of hydrogen-bond donors (Lipinski definition) is 3. The molecule has 7 rings (SSSR count). The fourth-order valence-corrected chi connectivity index (χ4v) is 5.72. The first-order valence-corrected chi connectivity index (χ1v) is 14.4. The number of benzene rings is 4. The Bertz CT molecular complexity index is 1880. The number of aromatic amines is 1. The number of fused-ring (bicyclic) bond motifs is 3. The third-order valence-electron chi connectivity index (χ3n) is 7.70. The second-order valence-electron chi connectivity index (χ2n) is 11.0. The van der Waals surface area contributed by atoms with Crippen molar-refractivity contribution < 1.29 is 19.1 Å². The highest BCUT2D eigenvalue weighted by atomic mass is 16.5. The van der Waals surface area contributed by atoms with Crippen LogP contribution in [0.5, 0.6) is 11.5 Å². The van der Waals surface area contributed by atoms with Crippen LogP contribution in [0.15, 0.2) is 85.1 Å². The summed E-state index contributed by atoms with van der Waals surface area (Å²) in [6.07, 6.45) is 5.99. The molecule has 3 heterocycles. The van der Waals surface area contributed by atoms with Crippen LogP contribution >= 0.6 is 0 Å². The summed E-state index contributed by atoms with van der Waals surface area (Å²) in [5.41, 5.74) is 6.84. The maximum Gasteiger partial charge on any atom is 0.228 e. The van der Waals surface area contributed by atoms with Gasteiger partial charge in [-0.2, -0.15) is 5.10 Å². The lowest BCUT2D eigenvalue weighted by molar-refractivity contribution is -0.118. The normalized spacial score (nSPS) is 18.1. The highest BCUT2D eigenvalue weighted by Crippen LogP contribution is 2.42. The maximum absolute atomic E-state index is 13.0. The van der Waals surface area contributed by atoms with Crippen molar-refractivity contribution in [3.8, 4) is 22.6 Å². The van der Waals surface area contributed by atoms with Crippen LogP contribution in [0.25, 0.3) is 34.2 Å². The van der Waals surface area contributed by atoms with Crippen LogP contribution in [-0.4, -0.2) is 34.2 Å². The molecule has 0 saturated heterocycles. The number of nitrogens with one attached hydrogen (secondary N) is 3. The van der Waals surface area contributed by atoms with E-state index in [0.717, 1.165) is 38.7 Å². The molecule has 2 amide bonds. The Morgan fingerprint density at radius 1 is 0.837 bits per heavy atom. The molecule has 8 nitrogen and oxygen atoms in total. The van der Waals surface area contributed by atoms with Crippen molar-refractivity contribution in [1.82, 2.24) is 10.2 Å². The summed E-state index contributed by atoms with van der Waals surface area (Å²) < 4.78 is 12.9. The van der Waals surface area contributed by atoms with Gasteiger partial charge in [-0.1, -0.05) is 60.7 Å². The minimum atomic E-state index is -0.434. The van der Waals surface area contributed by atoms with E-state index >= 15 is 0 Å². The number of rotatable bonds is 5. The van der Waals surface area contributed by atoms with Crippen LogP contribution in [-0.2, 0) is 16.0 Å². The van der Waals surface area contributed by atoms with Gasteiger partial charge in [0.15, 0.2) is 5.75 Å². The van der Waals surface area contributed by atoms with Gasteiger partial charge in [0, 0.05) is 22.9 Å². The Balaban J connectivity index is 1.25. The van der Waals surface area contributed by atoms with Crippen molar-refractivity contribution >= 4 is 46.2 Å². The van der Waals surface area contributed by atoms with E-state index in [4.69, 9.17) is 9.47 Å². The van der Waals surface area contributed by atoms with Gasteiger partial charge in [0.1, 0.15) is 18.0 Å². The smallest absolute Gasteiger partial charge is 0.228 e. The summed E-state index contributed by atoms with van der Waals surface area (Å²) in [5.74, 6) is 1.05. The van der Waals surface area contributed by atoms with Crippen LogP contribution in [0.3, 0.4) is 0 Å². The number of nitrogens with zero attached hydrogens (tertiary/aromatic N) is 1. The minimum absolute atomic E-state index is 0.103. The average molecular weight is 571 g/mol. The van der Waals surface area contributed by atoms with Gasteiger partial charge in [-0.05, 0) is 53.9 Å².